The highest BCUT2D eigenvalue weighted by Gasteiger charge is 2.41. The molecule has 1 fully saturated rings. The standard InChI is InChI=1S/C27H16Cl2N2O3S/c28-22-13-7-12-20(24(22)29)23-15-14-19(34-23)16-21-25(32)30(17-8-3-1-4-9-17)27(35)31(26(21)33)18-10-5-2-6-11-18/h1-16H. The average molecular weight is 519 g/mol. The summed E-state index contributed by atoms with van der Waals surface area (Å²) >= 11 is 18.1. The summed E-state index contributed by atoms with van der Waals surface area (Å²) in [5.74, 6) is -0.328. The predicted octanol–water partition coefficient (Wildman–Crippen LogP) is 7.00. The average Bonchev–Trinajstić information content (AvgIpc) is 3.33. The Labute approximate surface area is 216 Å². The van der Waals surface area contributed by atoms with Gasteiger partial charge in [-0.25, -0.2) is 0 Å². The minimum Gasteiger partial charge on any atom is -0.457 e. The van der Waals surface area contributed by atoms with E-state index in [1.54, 1.807) is 78.9 Å². The van der Waals surface area contributed by atoms with Crippen LogP contribution in [0, 0.1) is 0 Å². The van der Waals surface area contributed by atoms with Gasteiger partial charge in [0.1, 0.15) is 17.1 Å². The van der Waals surface area contributed by atoms with Crippen molar-refractivity contribution in [3.8, 4) is 11.3 Å². The van der Waals surface area contributed by atoms with Crippen molar-refractivity contribution >= 4 is 69.8 Å². The topological polar surface area (TPSA) is 53.8 Å². The van der Waals surface area contributed by atoms with Crippen LogP contribution in [-0.4, -0.2) is 16.9 Å². The summed E-state index contributed by atoms with van der Waals surface area (Å²) < 4.78 is 5.92. The third kappa shape index (κ3) is 4.28. The van der Waals surface area contributed by atoms with Gasteiger partial charge in [-0.1, -0.05) is 65.7 Å². The van der Waals surface area contributed by atoms with Gasteiger partial charge in [-0.05, 0) is 66.8 Å². The molecule has 0 saturated carbocycles. The molecule has 35 heavy (non-hydrogen) atoms. The molecule has 0 spiro atoms. The Morgan fingerprint density at radius 2 is 1.29 bits per heavy atom. The van der Waals surface area contributed by atoms with E-state index in [0.29, 0.717) is 38.5 Å². The zero-order valence-corrected chi connectivity index (χ0v) is 20.3. The molecule has 1 aliphatic rings. The van der Waals surface area contributed by atoms with Gasteiger partial charge in [0.15, 0.2) is 5.11 Å². The second-order valence-corrected chi connectivity index (χ2v) is 8.75. The summed E-state index contributed by atoms with van der Waals surface area (Å²) in [4.78, 5) is 29.8. The predicted molar refractivity (Wildman–Crippen MR) is 143 cm³/mol. The van der Waals surface area contributed by atoms with Gasteiger partial charge in [-0.15, -0.1) is 0 Å². The van der Waals surface area contributed by atoms with E-state index < -0.39 is 11.8 Å². The second kappa shape index (κ2) is 9.50. The summed E-state index contributed by atoms with van der Waals surface area (Å²) in [6, 6.07) is 26.5. The Bertz CT molecular complexity index is 1420. The molecule has 8 heteroatoms. The Hall–Kier alpha value is -3.71. The number of benzene rings is 3. The lowest BCUT2D eigenvalue weighted by molar-refractivity contribution is -0.120. The molecule has 1 saturated heterocycles. The van der Waals surface area contributed by atoms with Crippen molar-refractivity contribution in [1.29, 1.82) is 0 Å². The molecule has 2 amide bonds. The molecular formula is C27H16Cl2N2O3S. The van der Waals surface area contributed by atoms with Crippen molar-refractivity contribution in [3.63, 3.8) is 0 Å². The van der Waals surface area contributed by atoms with Gasteiger partial charge in [0.25, 0.3) is 11.8 Å². The van der Waals surface area contributed by atoms with E-state index in [2.05, 4.69) is 0 Å². The summed E-state index contributed by atoms with van der Waals surface area (Å²) in [6.07, 6.45) is 1.42. The molecule has 0 atom stereocenters. The second-order valence-electron chi connectivity index (χ2n) is 7.60. The number of rotatable bonds is 4. The summed E-state index contributed by atoms with van der Waals surface area (Å²) in [6.45, 7) is 0. The number of furan rings is 1. The minimum atomic E-state index is -0.544. The monoisotopic (exact) mass is 518 g/mol. The number of anilines is 2. The lowest BCUT2D eigenvalue weighted by Gasteiger charge is -2.36. The van der Waals surface area contributed by atoms with Crippen LogP contribution in [0.4, 0.5) is 11.4 Å². The molecule has 0 radical (unpaired) electrons. The van der Waals surface area contributed by atoms with Crippen LogP contribution in [0.5, 0.6) is 0 Å². The van der Waals surface area contributed by atoms with Crippen molar-refractivity contribution in [2.45, 2.75) is 0 Å². The Morgan fingerprint density at radius 3 is 1.86 bits per heavy atom. The number of halogens is 2. The molecule has 1 aromatic heterocycles. The summed E-state index contributed by atoms with van der Waals surface area (Å²) in [7, 11) is 0. The molecule has 5 rings (SSSR count). The van der Waals surface area contributed by atoms with Crippen LogP contribution in [0.15, 0.2) is 101 Å². The quantitative estimate of drug-likeness (QED) is 0.166. The van der Waals surface area contributed by atoms with Crippen molar-refractivity contribution in [2.24, 2.45) is 0 Å². The largest absolute Gasteiger partial charge is 0.457 e. The molecule has 172 valence electrons. The number of para-hydroxylation sites is 2. The number of amides is 2. The Morgan fingerprint density at radius 1 is 0.714 bits per heavy atom. The van der Waals surface area contributed by atoms with Crippen molar-refractivity contribution in [1.82, 2.24) is 0 Å². The first-order chi connectivity index (χ1) is 17.0. The fourth-order valence-electron chi connectivity index (χ4n) is 3.75. The van der Waals surface area contributed by atoms with Gasteiger partial charge in [0, 0.05) is 5.56 Å². The molecule has 0 aliphatic carbocycles. The molecule has 1 aliphatic heterocycles. The van der Waals surface area contributed by atoms with Gasteiger partial charge in [-0.2, -0.15) is 0 Å². The van der Waals surface area contributed by atoms with Crippen LogP contribution in [0.2, 0.25) is 10.0 Å². The van der Waals surface area contributed by atoms with E-state index >= 15 is 0 Å². The zero-order chi connectivity index (χ0) is 24.5. The normalized spacial score (nSPS) is 14.0. The maximum Gasteiger partial charge on any atom is 0.270 e. The van der Waals surface area contributed by atoms with Crippen LogP contribution in [0.25, 0.3) is 17.4 Å². The van der Waals surface area contributed by atoms with Crippen LogP contribution in [0.1, 0.15) is 5.76 Å². The molecule has 5 nitrogen and oxygen atoms in total. The molecule has 3 aromatic carbocycles. The molecule has 0 N–H and O–H groups in total. The third-order valence-corrected chi connectivity index (χ3v) is 6.59. The number of nitrogens with zero attached hydrogens (tertiary/aromatic N) is 2. The number of hydrogen-bond donors (Lipinski definition) is 0. The number of thiocarbonyl (C=S) groups is 1. The lowest BCUT2D eigenvalue weighted by atomic mass is 10.1. The first kappa shape index (κ1) is 23.1. The lowest BCUT2D eigenvalue weighted by Crippen LogP contribution is -2.56. The number of hydrogen-bond acceptors (Lipinski definition) is 4. The van der Waals surface area contributed by atoms with E-state index in [9.17, 15) is 9.59 Å². The van der Waals surface area contributed by atoms with Gasteiger partial charge in [0.2, 0.25) is 0 Å². The smallest absolute Gasteiger partial charge is 0.270 e. The fourth-order valence-corrected chi connectivity index (χ4v) is 4.52. The molecule has 0 bridgehead atoms. The molecule has 0 unspecified atom stereocenters. The summed E-state index contributed by atoms with van der Waals surface area (Å²) in [5.41, 5.74) is 1.60. The highest BCUT2D eigenvalue weighted by molar-refractivity contribution is 7.81. The third-order valence-electron chi connectivity index (χ3n) is 5.41. The van der Waals surface area contributed by atoms with Crippen LogP contribution in [0.3, 0.4) is 0 Å². The van der Waals surface area contributed by atoms with Crippen LogP contribution < -0.4 is 9.80 Å². The maximum atomic E-state index is 13.5. The van der Waals surface area contributed by atoms with E-state index in [0.717, 1.165) is 0 Å². The van der Waals surface area contributed by atoms with Crippen LogP contribution in [-0.2, 0) is 9.59 Å². The summed E-state index contributed by atoms with van der Waals surface area (Å²) in [5, 5.41) is 0.812. The van der Waals surface area contributed by atoms with Gasteiger partial charge in [-0.3, -0.25) is 19.4 Å². The van der Waals surface area contributed by atoms with E-state index in [1.165, 1.54) is 15.9 Å². The van der Waals surface area contributed by atoms with E-state index in [1.807, 2.05) is 12.1 Å². The van der Waals surface area contributed by atoms with Crippen molar-refractivity contribution < 1.29 is 14.0 Å². The van der Waals surface area contributed by atoms with Crippen molar-refractivity contribution in [3.05, 3.63) is 112 Å². The SMILES string of the molecule is O=C1C(=Cc2ccc(-c3cccc(Cl)c3Cl)o2)C(=O)N(c2ccccc2)C(=S)N1c1ccccc1. The van der Waals surface area contributed by atoms with Crippen molar-refractivity contribution in [2.75, 3.05) is 9.80 Å². The highest BCUT2D eigenvalue weighted by Crippen LogP contribution is 2.35. The zero-order valence-electron chi connectivity index (χ0n) is 18.0. The Balaban J connectivity index is 1.60. The fraction of sp³-hybridized carbons (Fsp3) is 0. The molecule has 4 aromatic rings. The van der Waals surface area contributed by atoms with E-state index in [4.69, 9.17) is 39.8 Å². The molecular weight excluding hydrogens is 503 g/mol. The Kier molecular flexibility index (Phi) is 6.26. The first-order valence-corrected chi connectivity index (χ1v) is 11.7. The van der Waals surface area contributed by atoms with Gasteiger partial charge < -0.3 is 4.42 Å². The maximum absolute atomic E-state index is 13.5. The first-order valence-electron chi connectivity index (χ1n) is 10.5. The van der Waals surface area contributed by atoms with Gasteiger partial charge in [0.05, 0.1) is 21.4 Å². The number of carbonyl (C=O) groups is 2. The molecule has 2 heterocycles. The van der Waals surface area contributed by atoms with Gasteiger partial charge >= 0.3 is 0 Å². The van der Waals surface area contributed by atoms with Crippen LogP contribution >= 0.6 is 35.4 Å². The number of carbonyl (C=O) groups excluding carboxylic acids is 2. The minimum absolute atomic E-state index is 0.0698. The highest BCUT2D eigenvalue weighted by atomic mass is 35.5. The van der Waals surface area contributed by atoms with E-state index in [-0.39, 0.29) is 10.7 Å².